The van der Waals surface area contributed by atoms with Crippen LogP contribution in [0.5, 0.6) is 0 Å². The topological polar surface area (TPSA) is 95.8 Å². The summed E-state index contributed by atoms with van der Waals surface area (Å²) in [6.07, 6.45) is -1.63. The lowest BCUT2D eigenvalue weighted by Gasteiger charge is -2.09. The number of nitrogens with zero attached hydrogens (tertiary/aromatic N) is 2. The number of halogens is 2. The highest BCUT2D eigenvalue weighted by molar-refractivity contribution is 6.31. The first-order chi connectivity index (χ1) is 21.2. The lowest BCUT2D eigenvalue weighted by atomic mass is 9.97. The van der Waals surface area contributed by atoms with E-state index in [-0.39, 0.29) is 13.2 Å². The van der Waals surface area contributed by atoms with Gasteiger partial charge < -0.3 is 9.47 Å². The van der Waals surface area contributed by atoms with Crippen molar-refractivity contribution in [2.45, 2.75) is 27.7 Å². The van der Waals surface area contributed by atoms with Gasteiger partial charge in [0.15, 0.2) is 0 Å². The van der Waals surface area contributed by atoms with Crippen molar-refractivity contribution in [2.75, 3.05) is 13.2 Å². The summed E-state index contributed by atoms with van der Waals surface area (Å²) >= 11 is 11.8. The Morgan fingerprint density at radius 1 is 0.568 bits per heavy atom. The molecule has 0 amide bonds. The van der Waals surface area contributed by atoms with Crippen molar-refractivity contribution in [3.8, 4) is 22.3 Å². The normalized spacial score (nSPS) is 11.1. The first-order valence-electron chi connectivity index (χ1n) is 13.7. The molecule has 0 aromatic heterocycles. The number of benzene rings is 4. The molecule has 0 radical (unpaired) electrons. The number of carbonyl (C=O) groups excluding carboxylic acids is 2. The molecule has 0 aliphatic carbocycles. The highest BCUT2D eigenvalue weighted by atomic mass is 35.5. The molecule has 44 heavy (non-hydrogen) atoms. The summed E-state index contributed by atoms with van der Waals surface area (Å²) in [5.74, 6) is 0. The largest absolute Gasteiger partial charge is 0.535 e. The Hall–Kier alpha value is -4.66. The molecule has 0 aliphatic heterocycles. The van der Waals surface area contributed by atoms with Gasteiger partial charge in [0.05, 0.1) is 24.6 Å². The first kappa shape index (κ1) is 33.8. The van der Waals surface area contributed by atoms with Gasteiger partial charge in [-0.15, -0.1) is 0 Å². The third-order valence-electron chi connectivity index (χ3n) is 5.98. The lowest BCUT2D eigenvalue weighted by Crippen LogP contribution is -2.06. The minimum absolute atomic E-state index is 0.245. The summed E-state index contributed by atoms with van der Waals surface area (Å²) < 4.78 is 9.35. The highest BCUT2D eigenvalue weighted by Crippen LogP contribution is 2.27. The monoisotopic (exact) mass is 634 g/mol. The van der Waals surface area contributed by atoms with Gasteiger partial charge >= 0.3 is 12.3 Å². The van der Waals surface area contributed by atoms with Crippen molar-refractivity contribution in [3.63, 3.8) is 0 Å². The number of rotatable bonds is 8. The maximum absolute atomic E-state index is 11.2. The third-order valence-corrected chi connectivity index (χ3v) is 6.49. The molecule has 0 saturated carbocycles. The number of ether oxygens (including phenoxy) is 2. The quantitative estimate of drug-likeness (QED) is 0.0828. The van der Waals surface area contributed by atoms with Crippen molar-refractivity contribution in [1.29, 1.82) is 0 Å². The van der Waals surface area contributed by atoms with Gasteiger partial charge in [0, 0.05) is 21.2 Å². The molecule has 4 aromatic carbocycles. The van der Waals surface area contributed by atoms with E-state index in [1.165, 1.54) is 0 Å². The van der Waals surface area contributed by atoms with E-state index < -0.39 is 12.3 Å². The van der Waals surface area contributed by atoms with E-state index in [1.54, 1.807) is 27.7 Å². The second-order valence-electron chi connectivity index (χ2n) is 9.01. The molecule has 0 saturated heterocycles. The van der Waals surface area contributed by atoms with E-state index in [9.17, 15) is 9.59 Å². The zero-order valence-corrected chi connectivity index (χ0v) is 26.3. The summed E-state index contributed by atoms with van der Waals surface area (Å²) in [5, 5.41) is 9.02. The Bertz CT molecular complexity index is 1480. The van der Waals surface area contributed by atoms with Gasteiger partial charge in [0.2, 0.25) is 0 Å². The molecule has 0 aliphatic rings. The van der Waals surface area contributed by atoms with E-state index in [4.69, 9.17) is 32.9 Å². The zero-order valence-electron chi connectivity index (χ0n) is 24.8. The molecule has 4 aromatic rings. The number of hydrogen-bond donors (Lipinski definition) is 0. The van der Waals surface area contributed by atoms with E-state index in [2.05, 4.69) is 19.8 Å². The molecule has 4 rings (SSSR count). The molecule has 10 heteroatoms. The molecule has 0 unspecified atom stereocenters. The van der Waals surface area contributed by atoms with Crippen LogP contribution in [0.25, 0.3) is 22.3 Å². The minimum atomic E-state index is -0.814. The third kappa shape index (κ3) is 10.3. The van der Waals surface area contributed by atoms with Gasteiger partial charge in [-0.05, 0) is 74.2 Å². The van der Waals surface area contributed by atoms with Crippen LogP contribution in [0.1, 0.15) is 38.8 Å². The molecule has 228 valence electrons. The summed E-state index contributed by atoms with van der Waals surface area (Å²) in [4.78, 5) is 31.8. The molecular weight excluding hydrogens is 603 g/mol. The Labute approximate surface area is 266 Å². The summed E-state index contributed by atoms with van der Waals surface area (Å²) in [5.41, 5.74) is 6.87. The maximum Gasteiger partial charge on any atom is 0.535 e. The highest BCUT2D eigenvalue weighted by Gasteiger charge is 2.11. The van der Waals surface area contributed by atoms with E-state index in [1.807, 2.05) is 97.1 Å². The van der Waals surface area contributed by atoms with Crippen LogP contribution >= 0.6 is 23.2 Å². The van der Waals surface area contributed by atoms with Crippen molar-refractivity contribution < 1.29 is 28.7 Å². The summed E-state index contributed by atoms with van der Waals surface area (Å²) in [7, 11) is 0. The minimum Gasteiger partial charge on any atom is -0.433 e. The smallest absolute Gasteiger partial charge is 0.433 e. The van der Waals surface area contributed by atoms with Crippen molar-refractivity contribution in [3.05, 3.63) is 118 Å². The molecule has 8 nitrogen and oxygen atoms in total. The molecule has 0 N–H and O–H groups in total. The van der Waals surface area contributed by atoms with Crippen LogP contribution in [0.2, 0.25) is 10.0 Å². The molecule has 0 spiro atoms. The van der Waals surface area contributed by atoms with Gasteiger partial charge in [0.25, 0.3) is 0 Å². The lowest BCUT2D eigenvalue weighted by molar-refractivity contribution is 0.0604. The summed E-state index contributed by atoms with van der Waals surface area (Å²) in [6.45, 7) is 7.44. The zero-order chi connectivity index (χ0) is 31.9. The number of oxime groups is 2. The van der Waals surface area contributed by atoms with Crippen LogP contribution in [-0.4, -0.2) is 36.9 Å². The standard InChI is InChI=1S/2C17H16ClNO3/c2*1-3-21-17(20)22-19-12(2)15-6-4-5-7-16(15)13-8-10-14(18)11-9-13/h2*4-11H,3H2,1-2H3/b2*19-12+. The summed E-state index contributed by atoms with van der Waals surface area (Å²) in [6, 6.07) is 30.5. The van der Waals surface area contributed by atoms with Gasteiger partial charge in [-0.2, -0.15) is 0 Å². The Kier molecular flexibility index (Phi) is 13.4. The average molecular weight is 636 g/mol. The second kappa shape index (κ2) is 17.5. The first-order valence-corrected chi connectivity index (χ1v) is 14.5. The van der Waals surface area contributed by atoms with E-state index in [0.29, 0.717) is 21.5 Å². The van der Waals surface area contributed by atoms with Crippen LogP contribution < -0.4 is 0 Å². The van der Waals surface area contributed by atoms with Crippen molar-refractivity contribution in [2.24, 2.45) is 10.3 Å². The Balaban J connectivity index is 0.000000240. The fourth-order valence-electron chi connectivity index (χ4n) is 3.96. The average Bonchev–Trinajstić information content (AvgIpc) is 3.04. The predicted molar refractivity (Wildman–Crippen MR) is 174 cm³/mol. The molecule has 0 heterocycles. The Morgan fingerprint density at radius 3 is 1.25 bits per heavy atom. The fraction of sp³-hybridized carbons (Fsp3) is 0.176. The predicted octanol–water partition coefficient (Wildman–Crippen LogP) is 9.81. The van der Waals surface area contributed by atoms with Gasteiger partial charge in [-0.3, -0.25) is 9.68 Å². The molecule has 0 atom stereocenters. The molecule has 0 fully saturated rings. The van der Waals surface area contributed by atoms with Crippen LogP contribution in [0.15, 0.2) is 107 Å². The van der Waals surface area contributed by atoms with Crippen LogP contribution in [0.3, 0.4) is 0 Å². The van der Waals surface area contributed by atoms with Crippen LogP contribution in [-0.2, 0) is 19.1 Å². The van der Waals surface area contributed by atoms with E-state index in [0.717, 1.165) is 33.4 Å². The number of hydrogen-bond acceptors (Lipinski definition) is 8. The molecule has 0 bridgehead atoms. The van der Waals surface area contributed by atoms with Crippen molar-refractivity contribution in [1.82, 2.24) is 0 Å². The van der Waals surface area contributed by atoms with Gasteiger partial charge in [-0.25, -0.2) is 9.59 Å². The van der Waals surface area contributed by atoms with Crippen LogP contribution in [0.4, 0.5) is 9.59 Å². The fourth-order valence-corrected chi connectivity index (χ4v) is 4.21. The number of carbonyl (C=O) groups is 2. The van der Waals surface area contributed by atoms with Crippen molar-refractivity contribution >= 4 is 46.9 Å². The van der Waals surface area contributed by atoms with E-state index >= 15 is 0 Å². The van der Waals surface area contributed by atoms with Crippen LogP contribution in [0, 0.1) is 0 Å². The second-order valence-corrected chi connectivity index (χ2v) is 9.88. The SMILES string of the molecule is CCOC(=O)O/N=C(\C)c1ccccc1-c1ccc(Cl)cc1.CCOC(=O)O/N=C(\C)c1ccccc1-c1ccc(Cl)cc1. The van der Waals surface area contributed by atoms with Gasteiger partial charge in [-0.1, -0.05) is 106 Å². The Morgan fingerprint density at radius 2 is 0.909 bits per heavy atom. The van der Waals surface area contributed by atoms with Gasteiger partial charge in [0.1, 0.15) is 0 Å². The maximum atomic E-state index is 11.2. The molecular formula is C34H32Cl2N2O6.